The van der Waals surface area contributed by atoms with Crippen molar-refractivity contribution in [1.82, 2.24) is 0 Å². The van der Waals surface area contributed by atoms with Crippen molar-refractivity contribution in [2.45, 2.75) is 25.8 Å². The molecule has 0 aliphatic heterocycles. The number of ether oxygens (including phenoxy) is 1. The molecule has 15 heavy (non-hydrogen) atoms. The van der Waals surface area contributed by atoms with E-state index in [-0.39, 0.29) is 22.8 Å². The summed E-state index contributed by atoms with van der Waals surface area (Å²) in [4.78, 5) is 0. The minimum Gasteiger partial charge on any atom is -0.504 e. The van der Waals surface area contributed by atoms with Crippen molar-refractivity contribution >= 4 is 0 Å². The van der Waals surface area contributed by atoms with Crippen molar-refractivity contribution < 1.29 is 14.9 Å². The van der Waals surface area contributed by atoms with Crippen LogP contribution in [0.25, 0.3) is 0 Å². The van der Waals surface area contributed by atoms with Crippen LogP contribution in [0.2, 0.25) is 0 Å². The van der Waals surface area contributed by atoms with Gasteiger partial charge >= 0.3 is 0 Å². The molecule has 0 aromatic heterocycles. The summed E-state index contributed by atoms with van der Waals surface area (Å²) in [7, 11) is 1.44. The van der Waals surface area contributed by atoms with Crippen molar-refractivity contribution in [3.8, 4) is 17.2 Å². The van der Waals surface area contributed by atoms with Gasteiger partial charge in [-0.05, 0) is 38.0 Å². The average Bonchev–Trinajstić information content (AvgIpc) is 2.08. The maximum atomic E-state index is 9.44. The lowest BCUT2D eigenvalue weighted by Crippen LogP contribution is -2.34. The predicted octanol–water partition coefficient (Wildman–Crippen LogP) is 1.39. The summed E-state index contributed by atoms with van der Waals surface area (Å²) in [5.74, 6) is -0.168. The molecule has 0 spiro atoms. The summed E-state index contributed by atoms with van der Waals surface area (Å²) in [5.41, 5.74) is 6.32. The third kappa shape index (κ3) is 3.02. The monoisotopic (exact) mass is 211 g/mol. The summed E-state index contributed by atoms with van der Waals surface area (Å²) >= 11 is 0. The fourth-order valence-corrected chi connectivity index (χ4v) is 1.43. The van der Waals surface area contributed by atoms with Gasteiger partial charge in [0, 0.05) is 5.54 Å². The van der Waals surface area contributed by atoms with Crippen molar-refractivity contribution in [2.75, 3.05) is 7.11 Å². The summed E-state index contributed by atoms with van der Waals surface area (Å²) in [6, 6.07) is 3.16. The zero-order chi connectivity index (χ0) is 11.6. The van der Waals surface area contributed by atoms with Crippen molar-refractivity contribution in [3.63, 3.8) is 0 Å². The summed E-state index contributed by atoms with van der Waals surface area (Å²) in [5, 5.41) is 18.9. The second kappa shape index (κ2) is 3.98. The predicted molar refractivity (Wildman–Crippen MR) is 58.3 cm³/mol. The van der Waals surface area contributed by atoms with E-state index < -0.39 is 0 Å². The number of aromatic hydroxyl groups is 2. The van der Waals surface area contributed by atoms with E-state index in [0.29, 0.717) is 6.42 Å². The molecule has 0 atom stereocenters. The minimum atomic E-state index is -0.367. The highest BCUT2D eigenvalue weighted by Gasteiger charge is 2.15. The third-order valence-electron chi connectivity index (χ3n) is 1.99. The normalized spacial score (nSPS) is 11.5. The molecule has 0 saturated carbocycles. The smallest absolute Gasteiger partial charge is 0.200 e. The lowest BCUT2D eigenvalue weighted by molar-refractivity contribution is 0.349. The van der Waals surface area contributed by atoms with Gasteiger partial charge in [0.15, 0.2) is 11.5 Å². The molecule has 1 rings (SSSR count). The van der Waals surface area contributed by atoms with Crippen LogP contribution >= 0.6 is 0 Å². The Balaban J connectivity index is 3.06. The van der Waals surface area contributed by atoms with Crippen LogP contribution < -0.4 is 10.5 Å². The highest BCUT2D eigenvalue weighted by Crippen LogP contribution is 2.36. The van der Waals surface area contributed by atoms with Crippen molar-refractivity contribution in [3.05, 3.63) is 17.7 Å². The molecule has 4 N–H and O–H groups in total. The Kier molecular flexibility index (Phi) is 3.09. The summed E-state index contributed by atoms with van der Waals surface area (Å²) < 4.78 is 4.93. The molecule has 4 nitrogen and oxygen atoms in total. The van der Waals surface area contributed by atoms with E-state index in [0.717, 1.165) is 5.56 Å². The van der Waals surface area contributed by atoms with E-state index in [1.54, 1.807) is 6.07 Å². The number of phenolic OH excluding ortho intramolecular Hbond substituents is 2. The molecule has 0 aliphatic carbocycles. The molecule has 0 heterocycles. The van der Waals surface area contributed by atoms with E-state index >= 15 is 0 Å². The van der Waals surface area contributed by atoms with Gasteiger partial charge in [-0.25, -0.2) is 0 Å². The van der Waals surface area contributed by atoms with Crippen LogP contribution in [0.1, 0.15) is 19.4 Å². The highest BCUT2D eigenvalue weighted by atomic mass is 16.5. The standard InChI is InChI=1S/C11H17NO3/c1-11(2,12)6-7-4-8(13)10(14)9(5-7)15-3/h4-5,13-14H,6,12H2,1-3H3. The number of benzene rings is 1. The van der Waals surface area contributed by atoms with Crippen LogP contribution in [-0.2, 0) is 6.42 Å². The number of hydrogen-bond acceptors (Lipinski definition) is 4. The lowest BCUT2D eigenvalue weighted by Gasteiger charge is -2.19. The molecule has 0 fully saturated rings. The van der Waals surface area contributed by atoms with Crippen LogP contribution in [0, 0.1) is 0 Å². The first-order chi connectivity index (χ1) is 6.83. The highest BCUT2D eigenvalue weighted by molar-refractivity contribution is 5.52. The SMILES string of the molecule is COc1cc(CC(C)(C)N)cc(O)c1O. The molecule has 0 unspecified atom stereocenters. The van der Waals surface area contributed by atoms with Gasteiger partial charge in [0.2, 0.25) is 5.75 Å². The van der Waals surface area contributed by atoms with Gasteiger partial charge in [0.25, 0.3) is 0 Å². The molecule has 4 heteroatoms. The molecule has 1 aromatic carbocycles. The Labute approximate surface area is 89.3 Å². The third-order valence-corrected chi connectivity index (χ3v) is 1.99. The fourth-order valence-electron chi connectivity index (χ4n) is 1.43. The zero-order valence-corrected chi connectivity index (χ0v) is 9.24. The van der Waals surface area contributed by atoms with E-state index in [1.807, 2.05) is 13.8 Å². The van der Waals surface area contributed by atoms with Crippen LogP contribution in [0.5, 0.6) is 17.2 Å². The Bertz CT molecular complexity index is 356. The maximum absolute atomic E-state index is 9.44. The molecule has 0 bridgehead atoms. The van der Waals surface area contributed by atoms with Crippen LogP contribution in [0.15, 0.2) is 12.1 Å². The van der Waals surface area contributed by atoms with Crippen molar-refractivity contribution in [1.29, 1.82) is 0 Å². The van der Waals surface area contributed by atoms with E-state index in [1.165, 1.54) is 13.2 Å². The quantitative estimate of drug-likeness (QED) is 0.660. The van der Waals surface area contributed by atoms with E-state index in [2.05, 4.69) is 0 Å². The summed E-state index contributed by atoms with van der Waals surface area (Å²) in [6.45, 7) is 3.78. The molecular formula is C11H17NO3. The zero-order valence-electron chi connectivity index (χ0n) is 9.24. The van der Waals surface area contributed by atoms with Crippen molar-refractivity contribution in [2.24, 2.45) is 5.73 Å². The van der Waals surface area contributed by atoms with Gasteiger partial charge in [-0.15, -0.1) is 0 Å². The van der Waals surface area contributed by atoms with Crippen LogP contribution in [0.4, 0.5) is 0 Å². The second-order valence-electron chi connectivity index (χ2n) is 4.33. The molecule has 0 saturated heterocycles. The second-order valence-corrected chi connectivity index (χ2v) is 4.33. The minimum absolute atomic E-state index is 0.186. The molecular weight excluding hydrogens is 194 g/mol. The van der Waals surface area contributed by atoms with Gasteiger partial charge < -0.3 is 20.7 Å². The molecule has 84 valence electrons. The first-order valence-electron chi connectivity index (χ1n) is 4.71. The van der Waals surface area contributed by atoms with E-state index in [4.69, 9.17) is 10.5 Å². The topological polar surface area (TPSA) is 75.7 Å². The van der Waals surface area contributed by atoms with E-state index in [9.17, 15) is 10.2 Å². The average molecular weight is 211 g/mol. The Morgan fingerprint density at radius 2 is 1.93 bits per heavy atom. The molecule has 0 amide bonds. The first-order valence-corrected chi connectivity index (χ1v) is 4.71. The van der Waals surface area contributed by atoms with Gasteiger partial charge in [-0.3, -0.25) is 0 Å². The Morgan fingerprint density at radius 1 is 1.33 bits per heavy atom. The number of methoxy groups -OCH3 is 1. The van der Waals surface area contributed by atoms with Crippen LogP contribution in [0.3, 0.4) is 0 Å². The van der Waals surface area contributed by atoms with Gasteiger partial charge in [-0.1, -0.05) is 0 Å². The lowest BCUT2D eigenvalue weighted by atomic mass is 9.96. The Morgan fingerprint density at radius 3 is 2.40 bits per heavy atom. The molecule has 1 aromatic rings. The fraction of sp³-hybridized carbons (Fsp3) is 0.455. The number of nitrogens with two attached hydrogens (primary N) is 1. The molecule has 0 radical (unpaired) electrons. The van der Waals surface area contributed by atoms with Gasteiger partial charge in [-0.2, -0.15) is 0 Å². The molecule has 0 aliphatic rings. The largest absolute Gasteiger partial charge is 0.504 e. The number of phenols is 2. The van der Waals surface area contributed by atoms with Gasteiger partial charge in [0.1, 0.15) is 0 Å². The van der Waals surface area contributed by atoms with Gasteiger partial charge in [0.05, 0.1) is 7.11 Å². The Hall–Kier alpha value is -1.42. The maximum Gasteiger partial charge on any atom is 0.200 e. The van der Waals surface area contributed by atoms with Crippen LogP contribution in [-0.4, -0.2) is 22.9 Å². The summed E-state index contributed by atoms with van der Waals surface area (Å²) in [6.07, 6.45) is 0.594. The number of hydrogen-bond donors (Lipinski definition) is 3. The number of rotatable bonds is 3. The first kappa shape index (κ1) is 11.7.